The predicted octanol–water partition coefficient (Wildman–Crippen LogP) is 2.48. The maximum Gasteiger partial charge on any atom is 0.180 e. The largest absolute Gasteiger partial charge is 0.411 e. The van der Waals surface area contributed by atoms with E-state index in [1.807, 2.05) is 27.7 Å². The third-order valence-corrected chi connectivity index (χ3v) is 1.64. The van der Waals surface area contributed by atoms with Crippen molar-refractivity contribution in [1.82, 2.24) is 0 Å². The van der Waals surface area contributed by atoms with Crippen LogP contribution in [-0.2, 0) is 4.79 Å². The second kappa shape index (κ2) is 5.73. The lowest BCUT2D eigenvalue weighted by atomic mass is 9.98. The first-order valence-electron chi connectivity index (χ1n) is 4.71. The van der Waals surface area contributed by atoms with E-state index in [0.29, 0.717) is 30.4 Å². The van der Waals surface area contributed by atoms with Gasteiger partial charge in [-0.3, -0.25) is 4.79 Å². The zero-order chi connectivity index (χ0) is 10.4. The predicted molar refractivity (Wildman–Crippen MR) is 53.1 cm³/mol. The number of hydrogen-bond donors (Lipinski definition) is 1. The van der Waals surface area contributed by atoms with Crippen molar-refractivity contribution in [3.63, 3.8) is 0 Å². The van der Waals surface area contributed by atoms with E-state index in [2.05, 4.69) is 5.16 Å². The molecule has 0 fully saturated rings. The Hall–Kier alpha value is -0.860. The molecule has 13 heavy (non-hydrogen) atoms. The highest BCUT2D eigenvalue weighted by Crippen LogP contribution is 2.07. The van der Waals surface area contributed by atoms with Crippen LogP contribution >= 0.6 is 0 Å². The Morgan fingerprint density at radius 3 is 1.92 bits per heavy atom. The van der Waals surface area contributed by atoms with Gasteiger partial charge in [-0.15, -0.1) is 0 Å². The topological polar surface area (TPSA) is 49.7 Å². The van der Waals surface area contributed by atoms with Crippen LogP contribution in [0.3, 0.4) is 0 Å². The highest BCUT2D eigenvalue weighted by atomic mass is 16.4. The van der Waals surface area contributed by atoms with E-state index in [9.17, 15) is 4.79 Å². The third-order valence-electron chi connectivity index (χ3n) is 1.64. The van der Waals surface area contributed by atoms with Gasteiger partial charge >= 0.3 is 0 Å². The second-order valence-electron chi connectivity index (χ2n) is 4.17. The molecule has 0 aliphatic heterocycles. The zero-order valence-electron chi connectivity index (χ0n) is 8.87. The Morgan fingerprint density at radius 2 is 1.62 bits per heavy atom. The molecule has 3 heteroatoms. The highest BCUT2D eigenvalue weighted by Gasteiger charge is 2.14. The first-order chi connectivity index (χ1) is 5.97. The van der Waals surface area contributed by atoms with Crippen molar-refractivity contribution >= 4 is 11.5 Å². The van der Waals surface area contributed by atoms with E-state index >= 15 is 0 Å². The van der Waals surface area contributed by atoms with E-state index in [1.54, 1.807) is 0 Å². The van der Waals surface area contributed by atoms with Gasteiger partial charge in [0.2, 0.25) is 0 Å². The maximum absolute atomic E-state index is 11.4. The molecule has 0 aliphatic carbocycles. The minimum absolute atomic E-state index is 0.0359. The standard InChI is InChI=1S/C10H19NO2/c1-7(2)5-9(11-13)10(12)6-8(3)4/h7-8,13H,5-6H2,1-4H3/b11-9+. The van der Waals surface area contributed by atoms with Gasteiger partial charge in [0.1, 0.15) is 5.71 Å². The van der Waals surface area contributed by atoms with Crippen LogP contribution in [0, 0.1) is 11.8 Å². The van der Waals surface area contributed by atoms with Crippen LogP contribution in [0.1, 0.15) is 40.5 Å². The summed E-state index contributed by atoms with van der Waals surface area (Å²) in [6.45, 7) is 7.94. The van der Waals surface area contributed by atoms with Crippen LogP contribution in [0.2, 0.25) is 0 Å². The Morgan fingerprint density at radius 1 is 1.15 bits per heavy atom. The molecule has 0 aromatic rings. The lowest BCUT2D eigenvalue weighted by Gasteiger charge is -2.07. The molecular weight excluding hydrogens is 166 g/mol. The van der Waals surface area contributed by atoms with Gasteiger partial charge in [-0.2, -0.15) is 0 Å². The summed E-state index contributed by atoms with van der Waals surface area (Å²) in [6.07, 6.45) is 1.02. The van der Waals surface area contributed by atoms with Crippen LogP contribution in [0.25, 0.3) is 0 Å². The van der Waals surface area contributed by atoms with Crippen LogP contribution in [-0.4, -0.2) is 16.7 Å². The summed E-state index contributed by atoms with van der Waals surface area (Å²) in [7, 11) is 0. The molecule has 0 heterocycles. The molecule has 0 rings (SSSR count). The molecule has 0 spiro atoms. The molecule has 0 radical (unpaired) electrons. The van der Waals surface area contributed by atoms with Crippen molar-refractivity contribution in [2.75, 3.05) is 0 Å². The van der Waals surface area contributed by atoms with E-state index in [0.717, 1.165) is 0 Å². The molecule has 0 unspecified atom stereocenters. The number of carbonyl (C=O) groups is 1. The fraction of sp³-hybridized carbons (Fsp3) is 0.800. The van der Waals surface area contributed by atoms with Gasteiger partial charge in [0.15, 0.2) is 5.78 Å². The summed E-state index contributed by atoms with van der Waals surface area (Å²) in [6, 6.07) is 0. The van der Waals surface area contributed by atoms with Gasteiger partial charge in [-0.05, 0) is 18.3 Å². The van der Waals surface area contributed by atoms with Gasteiger partial charge in [-0.25, -0.2) is 0 Å². The molecule has 1 N–H and O–H groups in total. The average molecular weight is 185 g/mol. The summed E-state index contributed by atoms with van der Waals surface area (Å²) in [5.41, 5.74) is 0.309. The molecular formula is C10H19NO2. The summed E-state index contributed by atoms with van der Waals surface area (Å²) in [5, 5.41) is 11.7. The molecule has 0 aliphatic rings. The first-order valence-corrected chi connectivity index (χ1v) is 4.71. The minimum atomic E-state index is -0.0359. The van der Waals surface area contributed by atoms with Gasteiger partial charge in [0, 0.05) is 6.42 Å². The van der Waals surface area contributed by atoms with Crippen molar-refractivity contribution in [2.24, 2.45) is 17.0 Å². The van der Waals surface area contributed by atoms with Crippen LogP contribution in [0.4, 0.5) is 0 Å². The Kier molecular flexibility index (Phi) is 5.35. The van der Waals surface area contributed by atoms with E-state index in [4.69, 9.17) is 5.21 Å². The smallest absolute Gasteiger partial charge is 0.180 e. The van der Waals surface area contributed by atoms with Crippen molar-refractivity contribution in [3.8, 4) is 0 Å². The third kappa shape index (κ3) is 5.39. The molecule has 76 valence electrons. The number of carbonyl (C=O) groups excluding carboxylic acids is 1. The van der Waals surface area contributed by atoms with Crippen molar-refractivity contribution < 1.29 is 10.0 Å². The summed E-state index contributed by atoms with van der Waals surface area (Å²) < 4.78 is 0. The SMILES string of the molecule is CC(C)CC(=O)/C(CC(C)C)=N/O. The number of Topliss-reactive ketones (excluding diaryl/α,β-unsaturated/α-hetero) is 1. The number of ketones is 1. The number of rotatable bonds is 5. The van der Waals surface area contributed by atoms with Gasteiger partial charge < -0.3 is 5.21 Å². The monoisotopic (exact) mass is 185 g/mol. The first kappa shape index (κ1) is 12.1. The molecule has 0 atom stereocenters. The van der Waals surface area contributed by atoms with Gasteiger partial charge in [0.05, 0.1) is 0 Å². The molecule has 0 amide bonds. The van der Waals surface area contributed by atoms with Crippen LogP contribution in [0.15, 0.2) is 5.16 Å². The lowest BCUT2D eigenvalue weighted by molar-refractivity contribution is -0.113. The van der Waals surface area contributed by atoms with Crippen molar-refractivity contribution in [2.45, 2.75) is 40.5 Å². The normalized spacial score (nSPS) is 12.6. The Bertz CT molecular complexity index is 195. The highest BCUT2D eigenvalue weighted by molar-refractivity contribution is 6.39. The lowest BCUT2D eigenvalue weighted by Crippen LogP contribution is -2.18. The summed E-state index contributed by atoms with van der Waals surface area (Å²) >= 11 is 0. The number of oxime groups is 1. The van der Waals surface area contributed by atoms with Crippen molar-refractivity contribution in [3.05, 3.63) is 0 Å². The maximum atomic E-state index is 11.4. The van der Waals surface area contributed by atoms with E-state index in [1.165, 1.54) is 0 Å². The number of nitrogens with zero attached hydrogens (tertiary/aromatic N) is 1. The van der Waals surface area contributed by atoms with Gasteiger partial charge in [-0.1, -0.05) is 32.9 Å². The molecule has 0 saturated carbocycles. The molecule has 0 saturated heterocycles. The molecule has 3 nitrogen and oxygen atoms in total. The van der Waals surface area contributed by atoms with E-state index in [-0.39, 0.29) is 5.78 Å². The Labute approximate surface area is 79.8 Å². The summed E-state index contributed by atoms with van der Waals surface area (Å²) in [5.74, 6) is 0.629. The Balaban J connectivity index is 4.18. The van der Waals surface area contributed by atoms with Gasteiger partial charge in [0.25, 0.3) is 0 Å². The quantitative estimate of drug-likeness (QED) is 0.406. The van der Waals surface area contributed by atoms with E-state index < -0.39 is 0 Å². The summed E-state index contributed by atoms with van der Waals surface area (Å²) in [4.78, 5) is 11.4. The fourth-order valence-corrected chi connectivity index (χ4v) is 1.09. The second-order valence-corrected chi connectivity index (χ2v) is 4.17. The van der Waals surface area contributed by atoms with Crippen LogP contribution < -0.4 is 0 Å². The fourth-order valence-electron chi connectivity index (χ4n) is 1.09. The van der Waals surface area contributed by atoms with Crippen LogP contribution in [0.5, 0.6) is 0 Å². The average Bonchev–Trinajstić information content (AvgIpc) is 1.98. The molecule has 0 bridgehead atoms. The van der Waals surface area contributed by atoms with Crippen molar-refractivity contribution in [1.29, 1.82) is 0 Å². The minimum Gasteiger partial charge on any atom is -0.411 e. The number of hydrogen-bond acceptors (Lipinski definition) is 3. The zero-order valence-corrected chi connectivity index (χ0v) is 8.87. The molecule has 0 aromatic heterocycles. The molecule has 0 aromatic carbocycles.